The fourth-order valence-electron chi connectivity index (χ4n) is 4.19. The maximum absolute atomic E-state index is 13.0. The maximum atomic E-state index is 13.0. The number of carbonyl (C=O) groups excluding carboxylic acids is 2. The third kappa shape index (κ3) is 5.21. The molecule has 2 heterocycles. The first-order valence-electron chi connectivity index (χ1n) is 10.3. The van der Waals surface area contributed by atoms with Crippen molar-refractivity contribution in [3.63, 3.8) is 0 Å². The lowest BCUT2D eigenvalue weighted by molar-refractivity contribution is -0.130. The summed E-state index contributed by atoms with van der Waals surface area (Å²) in [5.74, 6) is 0.753. The van der Waals surface area contributed by atoms with Crippen molar-refractivity contribution in [3.05, 3.63) is 23.8 Å². The van der Waals surface area contributed by atoms with Crippen molar-refractivity contribution in [1.29, 1.82) is 0 Å². The number of hydrazine groups is 1. The Morgan fingerprint density at radius 3 is 2.73 bits per heavy atom. The summed E-state index contributed by atoms with van der Waals surface area (Å²) in [5.41, 5.74) is 6.76. The minimum absolute atomic E-state index is 0.0362. The van der Waals surface area contributed by atoms with E-state index in [2.05, 4.69) is 21.1 Å². The molecular weight excluding hydrogens is 388 g/mol. The molecule has 3 atom stereocenters. The van der Waals surface area contributed by atoms with E-state index in [1.54, 1.807) is 21.3 Å². The lowest BCUT2D eigenvalue weighted by atomic mass is 9.84. The lowest BCUT2D eigenvalue weighted by Crippen LogP contribution is -2.57. The molecule has 9 heteroatoms. The third-order valence-electron chi connectivity index (χ3n) is 5.80. The van der Waals surface area contributed by atoms with Crippen molar-refractivity contribution in [2.75, 3.05) is 54.1 Å². The second-order valence-electron chi connectivity index (χ2n) is 7.71. The Labute approximate surface area is 177 Å². The summed E-state index contributed by atoms with van der Waals surface area (Å²) in [6.45, 7) is 3.25. The zero-order valence-electron chi connectivity index (χ0n) is 17.9. The maximum Gasteiger partial charge on any atom is 0.240 e. The summed E-state index contributed by atoms with van der Waals surface area (Å²) < 4.78 is 15.7. The summed E-state index contributed by atoms with van der Waals surface area (Å²) in [5, 5.41) is 3.04. The number of piperidine rings is 1. The van der Waals surface area contributed by atoms with Crippen molar-refractivity contribution in [1.82, 2.24) is 21.1 Å². The SMILES string of the molecule is COCCCN1CC(C(=O)NCCc2ccc(OC)c(OC)c2)C2NNC(=O)C2C1. The molecule has 0 saturated carbocycles. The van der Waals surface area contributed by atoms with E-state index in [4.69, 9.17) is 14.2 Å². The standard InChI is InChI=1S/C21H32N4O5/c1-28-10-4-9-25-12-15(19-16(13-25)21(27)24-23-19)20(26)22-8-7-14-5-6-17(29-2)18(11-14)30-3/h5-6,11,15-16,19,23H,4,7-10,12-13H2,1-3H3,(H,22,26)(H,24,27). The fourth-order valence-corrected chi connectivity index (χ4v) is 4.19. The van der Waals surface area contributed by atoms with E-state index in [1.807, 2.05) is 18.2 Å². The fraction of sp³-hybridized carbons (Fsp3) is 0.619. The van der Waals surface area contributed by atoms with Gasteiger partial charge in [-0.1, -0.05) is 6.07 Å². The van der Waals surface area contributed by atoms with Crippen LogP contribution in [0.1, 0.15) is 12.0 Å². The molecule has 2 aliphatic heterocycles. The summed E-state index contributed by atoms with van der Waals surface area (Å²) in [6.07, 6.45) is 1.55. The van der Waals surface area contributed by atoms with Gasteiger partial charge in [-0.15, -0.1) is 0 Å². The number of hydrogen-bond donors (Lipinski definition) is 3. The quantitative estimate of drug-likeness (QED) is 0.456. The second-order valence-corrected chi connectivity index (χ2v) is 7.71. The summed E-state index contributed by atoms with van der Waals surface area (Å²) in [7, 11) is 4.88. The first-order valence-corrected chi connectivity index (χ1v) is 10.3. The largest absolute Gasteiger partial charge is 0.493 e. The molecule has 30 heavy (non-hydrogen) atoms. The number of carbonyl (C=O) groups is 2. The highest BCUT2D eigenvalue weighted by Gasteiger charge is 2.47. The average Bonchev–Trinajstić information content (AvgIpc) is 3.14. The molecule has 3 rings (SSSR count). The minimum atomic E-state index is -0.296. The van der Waals surface area contributed by atoms with Gasteiger partial charge in [0.2, 0.25) is 11.8 Å². The van der Waals surface area contributed by atoms with Crippen molar-refractivity contribution >= 4 is 11.8 Å². The van der Waals surface area contributed by atoms with Crippen molar-refractivity contribution in [3.8, 4) is 11.5 Å². The van der Waals surface area contributed by atoms with Crippen LogP contribution in [-0.4, -0.2) is 76.9 Å². The first-order chi connectivity index (χ1) is 14.6. The number of nitrogens with one attached hydrogen (secondary N) is 3. The topological polar surface area (TPSA) is 101 Å². The van der Waals surface area contributed by atoms with Crippen molar-refractivity contribution in [2.45, 2.75) is 18.9 Å². The molecular formula is C21H32N4O5. The van der Waals surface area contributed by atoms with Crippen LogP contribution in [0, 0.1) is 11.8 Å². The summed E-state index contributed by atoms with van der Waals surface area (Å²) in [6, 6.07) is 5.56. The van der Waals surface area contributed by atoms with E-state index in [0.29, 0.717) is 44.2 Å². The smallest absolute Gasteiger partial charge is 0.240 e. The van der Waals surface area contributed by atoms with E-state index in [-0.39, 0.29) is 29.7 Å². The van der Waals surface area contributed by atoms with E-state index < -0.39 is 0 Å². The zero-order valence-corrected chi connectivity index (χ0v) is 17.9. The zero-order chi connectivity index (χ0) is 21.5. The van der Waals surface area contributed by atoms with Gasteiger partial charge in [0.1, 0.15) is 0 Å². The Morgan fingerprint density at radius 1 is 1.20 bits per heavy atom. The number of methoxy groups -OCH3 is 3. The van der Waals surface area contributed by atoms with Crippen LogP contribution in [-0.2, 0) is 20.7 Å². The van der Waals surface area contributed by atoms with Crippen LogP contribution in [0.4, 0.5) is 0 Å². The Morgan fingerprint density at radius 2 is 2.00 bits per heavy atom. The highest BCUT2D eigenvalue weighted by Crippen LogP contribution is 2.28. The highest BCUT2D eigenvalue weighted by molar-refractivity contribution is 5.86. The van der Waals surface area contributed by atoms with E-state index in [1.165, 1.54) is 0 Å². The lowest BCUT2D eigenvalue weighted by Gasteiger charge is -2.38. The normalized spacial score (nSPS) is 23.6. The molecule has 1 aromatic rings. The molecule has 0 aliphatic carbocycles. The Kier molecular flexibility index (Phi) is 7.89. The van der Waals surface area contributed by atoms with Crippen molar-refractivity contribution < 1.29 is 23.8 Å². The molecule has 0 radical (unpaired) electrons. The monoisotopic (exact) mass is 420 g/mol. The molecule has 3 N–H and O–H groups in total. The second kappa shape index (κ2) is 10.6. The molecule has 2 amide bonds. The number of ether oxygens (including phenoxy) is 3. The molecule has 3 unspecified atom stereocenters. The third-order valence-corrected chi connectivity index (χ3v) is 5.80. The van der Waals surface area contributed by atoms with Gasteiger partial charge in [0.05, 0.1) is 32.1 Å². The predicted octanol–water partition coefficient (Wildman–Crippen LogP) is -0.0500. The number of amides is 2. The van der Waals surface area contributed by atoms with Gasteiger partial charge in [-0.05, 0) is 30.5 Å². The Balaban J connectivity index is 1.57. The first kappa shape index (κ1) is 22.3. The van der Waals surface area contributed by atoms with Crippen LogP contribution in [0.3, 0.4) is 0 Å². The van der Waals surface area contributed by atoms with Gasteiger partial charge in [-0.3, -0.25) is 15.0 Å². The number of likely N-dealkylation sites (tertiary alicyclic amines) is 1. The van der Waals surface area contributed by atoms with Gasteiger partial charge in [-0.25, -0.2) is 5.43 Å². The summed E-state index contributed by atoms with van der Waals surface area (Å²) in [4.78, 5) is 27.3. The Bertz CT molecular complexity index is 744. The van der Waals surface area contributed by atoms with Crippen molar-refractivity contribution in [2.24, 2.45) is 11.8 Å². The van der Waals surface area contributed by atoms with E-state index >= 15 is 0 Å². The molecule has 166 valence electrons. The predicted molar refractivity (Wildman–Crippen MR) is 111 cm³/mol. The minimum Gasteiger partial charge on any atom is -0.493 e. The van der Waals surface area contributed by atoms with Crippen LogP contribution in [0.15, 0.2) is 18.2 Å². The Hall–Kier alpha value is -2.36. The highest BCUT2D eigenvalue weighted by atomic mass is 16.5. The molecule has 2 aliphatic rings. The summed E-state index contributed by atoms with van der Waals surface area (Å²) >= 11 is 0. The van der Waals surface area contributed by atoms with Crippen LogP contribution in [0.25, 0.3) is 0 Å². The molecule has 2 saturated heterocycles. The number of rotatable bonds is 10. The van der Waals surface area contributed by atoms with E-state index in [9.17, 15) is 9.59 Å². The number of benzene rings is 1. The molecule has 0 bridgehead atoms. The van der Waals surface area contributed by atoms with Gasteiger partial charge in [0.25, 0.3) is 0 Å². The van der Waals surface area contributed by atoms with Crippen LogP contribution < -0.4 is 25.6 Å². The van der Waals surface area contributed by atoms with Gasteiger partial charge in [0, 0.05) is 39.9 Å². The number of nitrogens with zero attached hydrogens (tertiary/aromatic N) is 1. The van der Waals surface area contributed by atoms with Crippen LogP contribution in [0.2, 0.25) is 0 Å². The number of fused-ring (bicyclic) bond motifs is 1. The molecule has 1 aromatic carbocycles. The average molecular weight is 421 g/mol. The number of hydrogen-bond acceptors (Lipinski definition) is 7. The van der Waals surface area contributed by atoms with Gasteiger partial charge in [0.15, 0.2) is 11.5 Å². The van der Waals surface area contributed by atoms with Gasteiger partial charge >= 0.3 is 0 Å². The van der Waals surface area contributed by atoms with Gasteiger partial charge in [-0.2, -0.15) is 0 Å². The van der Waals surface area contributed by atoms with E-state index in [0.717, 1.165) is 18.5 Å². The van der Waals surface area contributed by atoms with Crippen LogP contribution >= 0.6 is 0 Å². The van der Waals surface area contributed by atoms with Crippen LogP contribution in [0.5, 0.6) is 11.5 Å². The molecule has 0 aromatic heterocycles. The van der Waals surface area contributed by atoms with Gasteiger partial charge < -0.3 is 24.4 Å². The molecule has 0 spiro atoms. The molecule has 2 fully saturated rings. The molecule has 9 nitrogen and oxygen atoms in total.